The Labute approximate surface area is 130 Å². The molecule has 22 heavy (non-hydrogen) atoms. The van der Waals surface area contributed by atoms with Crippen LogP contribution in [-0.4, -0.2) is 25.7 Å². The van der Waals surface area contributed by atoms with Crippen molar-refractivity contribution < 1.29 is 14.4 Å². The van der Waals surface area contributed by atoms with Crippen LogP contribution in [0, 0.1) is 6.92 Å². The van der Waals surface area contributed by atoms with Crippen molar-refractivity contribution in [2.45, 2.75) is 13.8 Å². The van der Waals surface area contributed by atoms with Crippen LogP contribution in [0.4, 0.5) is 0 Å². The Morgan fingerprint density at radius 3 is 2.27 bits per heavy atom. The van der Waals surface area contributed by atoms with Crippen LogP contribution < -0.4 is 4.74 Å². The summed E-state index contributed by atoms with van der Waals surface area (Å²) in [5, 5.41) is 3.92. The Bertz CT molecular complexity index is 703. The van der Waals surface area contributed by atoms with Crippen LogP contribution in [0.2, 0.25) is 0 Å². The number of rotatable bonds is 5. The summed E-state index contributed by atoms with van der Waals surface area (Å²) < 4.78 is 5.23. The highest BCUT2D eigenvalue weighted by Crippen LogP contribution is 2.22. The van der Waals surface area contributed by atoms with Crippen molar-refractivity contribution in [1.82, 2.24) is 0 Å². The van der Waals surface area contributed by atoms with E-state index in [9.17, 15) is 4.79 Å². The van der Waals surface area contributed by atoms with Gasteiger partial charge in [0.2, 0.25) is 0 Å². The van der Waals surface area contributed by atoms with E-state index in [0.29, 0.717) is 22.6 Å². The van der Waals surface area contributed by atoms with Gasteiger partial charge in [-0.1, -0.05) is 35.0 Å². The van der Waals surface area contributed by atoms with Gasteiger partial charge in [0.1, 0.15) is 12.9 Å². The fraction of sp³-hybridized carbons (Fsp3) is 0.222. The van der Waals surface area contributed by atoms with Gasteiger partial charge in [0.15, 0.2) is 5.78 Å². The number of carbonyl (C=O) groups is 1. The van der Waals surface area contributed by atoms with Gasteiger partial charge in [-0.2, -0.15) is 0 Å². The van der Waals surface area contributed by atoms with Gasteiger partial charge in [-0.25, -0.2) is 0 Å². The van der Waals surface area contributed by atoms with Crippen molar-refractivity contribution in [3.63, 3.8) is 0 Å². The Balaban J connectivity index is 2.53. The molecule has 114 valence electrons. The molecule has 4 nitrogen and oxygen atoms in total. The van der Waals surface area contributed by atoms with Gasteiger partial charge in [0.25, 0.3) is 0 Å². The van der Waals surface area contributed by atoms with E-state index in [4.69, 9.17) is 9.57 Å². The normalized spacial score (nSPS) is 11.2. The zero-order chi connectivity index (χ0) is 16.1. The molecule has 2 aromatic rings. The summed E-state index contributed by atoms with van der Waals surface area (Å²) in [6.07, 6.45) is 0. The van der Waals surface area contributed by atoms with Crippen molar-refractivity contribution >= 4 is 11.5 Å². The molecule has 0 amide bonds. The van der Waals surface area contributed by atoms with Gasteiger partial charge in [-0.15, -0.1) is 0 Å². The number of benzene rings is 2. The molecule has 2 aromatic carbocycles. The van der Waals surface area contributed by atoms with Gasteiger partial charge in [-0.05, 0) is 32.0 Å². The molecule has 0 aliphatic rings. The number of ether oxygens (including phenoxy) is 1. The lowest BCUT2D eigenvalue weighted by atomic mass is 9.95. The number of carbonyl (C=O) groups excluding carboxylic acids is 1. The van der Waals surface area contributed by atoms with E-state index in [-0.39, 0.29) is 5.78 Å². The van der Waals surface area contributed by atoms with Crippen molar-refractivity contribution in [3.8, 4) is 5.75 Å². The molecular weight excluding hydrogens is 278 g/mol. The lowest BCUT2D eigenvalue weighted by molar-refractivity contribution is 0.103. The largest absolute Gasteiger partial charge is 0.497 e. The molecule has 0 N–H and O–H groups in total. The monoisotopic (exact) mass is 297 g/mol. The summed E-state index contributed by atoms with van der Waals surface area (Å²) in [4.78, 5) is 17.6. The Morgan fingerprint density at radius 2 is 1.68 bits per heavy atom. The summed E-state index contributed by atoms with van der Waals surface area (Å²) in [6, 6.07) is 12.8. The van der Waals surface area contributed by atoms with E-state index in [1.807, 2.05) is 37.3 Å². The van der Waals surface area contributed by atoms with Gasteiger partial charge in [0, 0.05) is 16.7 Å². The third-order valence-corrected chi connectivity index (χ3v) is 3.40. The number of aryl methyl sites for hydroxylation is 1. The molecule has 0 atom stereocenters. The first-order chi connectivity index (χ1) is 10.6. The smallest absolute Gasteiger partial charge is 0.193 e. The minimum absolute atomic E-state index is 0.0699. The molecule has 0 aromatic heterocycles. The molecule has 0 bridgehead atoms. The molecule has 0 aliphatic carbocycles. The molecule has 0 heterocycles. The van der Waals surface area contributed by atoms with Crippen LogP contribution in [0.25, 0.3) is 0 Å². The van der Waals surface area contributed by atoms with Gasteiger partial charge < -0.3 is 9.57 Å². The first-order valence-electron chi connectivity index (χ1n) is 6.94. The quantitative estimate of drug-likeness (QED) is 0.481. The minimum Gasteiger partial charge on any atom is -0.497 e. The predicted octanol–water partition coefficient (Wildman–Crippen LogP) is 3.61. The second kappa shape index (κ2) is 6.89. The Kier molecular flexibility index (Phi) is 4.94. The van der Waals surface area contributed by atoms with Crippen LogP contribution in [-0.2, 0) is 4.84 Å². The number of hydrogen-bond acceptors (Lipinski definition) is 4. The molecule has 0 aliphatic heterocycles. The maximum absolute atomic E-state index is 12.8. The van der Waals surface area contributed by atoms with Crippen molar-refractivity contribution in [1.29, 1.82) is 0 Å². The van der Waals surface area contributed by atoms with Crippen LogP contribution in [0.1, 0.15) is 34.0 Å². The second-order valence-corrected chi connectivity index (χ2v) is 4.97. The summed E-state index contributed by atoms with van der Waals surface area (Å²) >= 11 is 0. The van der Waals surface area contributed by atoms with E-state index < -0.39 is 0 Å². The average molecular weight is 297 g/mol. The summed E-state index contributed by atoms with van der Waals surface area (Å²) in [6.45, 7) is 3.79. The summed E-state index contributed by atoms with van der Waals surface area (Å²) in [7, 11) is 3.06. The van der Waals surface area contributed by atoms with Crippen molar-refractivity contribution in [2.75, 3.05) is 14.2 Å². The molecule has 0 unspecified atom stereocenters. The number of oxime groups is 1. The third-order valence-electron chi connectivity index (χ3n) is 3.40. The molecule has 4 heteroatoms. The lowest BCUT2D eigenvalue weighted by Gasteiger charge is -2.10. The van der Waals surface area contributed by atoms with Crippen LogP contribution in [0.5, 0.6) is 5.75 Å². The van der Waals surface area contributed by atoms with Crippen LogP contribution in [0.15, 0.2) is 47.6 Å². The zero-order valence-corrected chi connectivity index (χ0v) is 13.2. The van der Waals surface area contributed by atoms with Crippen molar-refractivity contribution in [3.05, 3.63) is 64.7 Å². The first kappa shape index (κ1) is 15.8. The number of methoxy groups -OCH3 is 1. The molecule has 0 saturated carbocycles. The summed E-state index contributed by atoms with van der Waals surface area (Å²) in [5.74, 6) is 0.559. The summed E-state index contributed by atoms with van der Waals surface area (Å²) in [5.41, 5.74) is 3.65. The third kappa shape index (κ3) is 3.34. The highest BCUT2D eigenvalue weighted by molar-refractivity contribution is 6.16. The lowest BCUT2D eigenvalue weighted by Crippen LogP contribution is -2.09. The second-order valence-electron chi connectivity index (χ2n) is 4.97. The average Bonchev–Trinajstić information content (AvgIpc) is 2.54. The Morgan fingerprint density at radius 1 is 1.00 bits per heavy atom. The fourth-order valence-corrected chi connectivity index (χ4v) is 2.20. The van der Waals surface area contributed by atoms with E-state index in [1.54, 1.807) is 26.2 Å². The van der Waals surface area contributed by atoms with E-state index in [0.717, 1.165) is 11.1 Å². The molecular formula is C18H19NO3. The zero-order valence-electron chi connectivity index (χ0n) is 13.2. The molecule has 2 rings (SSSR count). The minimum atomic E-state index is -0.0699. The van der Waals surface area contributed by atoms with Gasteiger partial charge in [0.05, 0.1) is 12.8 Å². The molecule has 0 spiro atoms. The molecule has 0 saturated heterocycles. The van der Waals surface area contributed by atoms with E-state index in [2.05, 4.69) is 5.16 Å². The molecule has 0 fully saturated rings. The van der Waals surface area contributed by atoms with Gasteiger partial charge >= 0.3 is 0 Å². The fourth-order valence-electron chi connectivity index (χ4n) is 2.20. The maximum Gasteiger partial charge on any atom is 0.193 e. The van der Waals surface area contributed by atoms with E-state index in [1.165, 1.54) is 7.11 Å². The topological polar surface area (TPSA) is 47.9 Å². The van der Waals surface area contributed by atoms with Crippen LogP contribution in [0.3, 0.4) is 0 Å². The number of ketones is 1. The van der Waals surface area contributed by atoms with Crippen LogP contribution >= 0.6 is 0 Å². The number of nitrogens with zero attached hydrogens (tertiary/aromatic N) is 1. The van der Waals surface area contributed by atoms with E-state index >= 15 is 0 Å². The SMILES string of the molecule is CO/N=C(\C)c1ccc(OC)cc1C(=O)c1ccc(C)cc1. The highest BCUT2D eigenvalue weighted by Gasteiger charge is 2.17. The predicted molar refractivity (Wildman–Crippen MR) is 86.8 cm³/mol. The first-order valence-corrected chi connectivity index (χ1v) is 6.94. The maximum atomic E-state index is 12.8. The number of hydrogen-bond donors (Lipinski definition) is 0. The van der Waals surface area contributed by atoms with Crippen molar-refractivity contribution in [2.24, 2.45) is 5.16 Å². The molecule has 0 radical (unpaired) electrons. The standard InChI is InChI=1S/C18H19NO3/c1-12-5-7-14(8-6-12)18(20)17-11-15(21-3)9-10-16(17)13(2)19-22-4/h5-11H,1-4H3/b19-13+. The Hall–Kier alpha value is -2.62. The highest BCUT2D eigenvalue weighted by atomic mass is 16.6. The van der Waals surface area contributed by atoms with Gasteiger partial charge in [-0.3, -0.25) is 4.79 Å².